The van der Waals surface area contributed by atoms with Crippen molar-refractivity contribution in [3.05, 3.63) is 42.8 Å². The van der Waals surface area contributed by atoms with Crippen LogP contribution in [0.25, 0.3) is 0 Å². The Morgan fingerprint density at radius 2 is 1.18 bits per heavy atom. The summed E-state index contributed by atoms with van der Waals surface area (Å²) >= 11 is 0. The van der Waals surface area contributed by atoms with E-state index in [1.807, 2.05) is 30.3 Å². The maximum atomic E-state index is 3.72. The van der Waals surface area contributed by atoms with Gasteiger partial charge in [0.15, 0.2) is 0 Å². The molecule has 0 aliphatic rings. The van der Waals surface area contributed by atoms with E-state index in [-0.39, 0.29) is 36.9 Å². The molecule has 0 amide bonds. The zero-order valence-corrected chi connectivity index (χ0v) is 8.41. The van der Waals surface area contributed by atoms with Gasteiger partial charge in [-0.25, -0.2) is 0 Å². The smallest absolute Gasteiger partial charge is 0 e. The molecule has 1 radical (unpaired) electrons. The van der Waals surface area contributed by atoms with E-state index in [4.69, 9.17) is 0 Å². The van der Waals surface area contributed by atoms with Crippen molar-refractivity contribution >= 4 is 0 Å². The van der Waals surface area contributed by atoms with Gasteiger partial charge in [0.1, 0.15) is 0 Å². The van der Waals surface area contributed by atoms with Gasteiger partial charge >= 0.3 is 0 Å². The summed E-state index contributed by atoms with van der Waals surface area (Å²) < 4.78 is 0. The minimum absolute atomic E-state index is 0. The molecule has 1 rings (SSSR count). The molecule has 1 aromatic rings. The van der Waals surface area contributed by atoms with Crippen LogP contribution in [0.5, 0.6) is 0 Å². The first-order valence-corrected chi connectivity index (χ1v) is 2.26. The van der Waals surface area contributed by atoms with Crippen LogP contribution in [-0.4, -0.2) is 0 Å². The van der Waals surface area contributed by atoms with Crippen LogP contribution < -0.4 is 0 Å². The van der Waals surface area contributed by atoms with Crippen LogP contribution in [0.1, 0.15) is 5.56 Å². The summed E-state index contributed by atoms with van der Waals surface area (Å²) in [6, 6.07) is 9.87. The van der Waals surface area contributed by atoms with E-state index in [0.717, 1.165) is 5.56 Å². The molecule has 0 atom stereocenters. The van der Waals surface area contributed by atoms with E-state index in [1.165, 1.54) is 0 Å². The van der Waals surface area contributed by atoms with Crippen LogP contribution in [-0.2, 0) is 36.9 Å². The van der Waals surface area contributed by atoms with Crippen molar-refractivity contribution in [2.45, 2.75) is 0 Å². The van der Waals surface area contributed by atoms with Crippen LogP contribution in [0.4, 0.5) is 0 Å². The molecule has 3 nitrogen and oxygen atoms in total. The molecule has 11 heavy (non-hydrogen) atoms. The number of benzene rings is 1. The van der Waals surface area contributed by atoms with Crippen molar-refractivity contribution in [3.8, 4) is 0 Å². The van der Waals surface area contributed by atoms with Gasteiger partial charge in [0, 0.05) is 20.4 Å². The Morgan fingerprint density at radius 1 is 0.818 bits per heavy atom. The SMILES string of the molecule is [CH2-]c1ccccc1.[O-2].[O-2].[O-2].[Re]. The largest absolute Gasteiger partial charge is 2.00 e. The van der Waals surface area contributed by atoms with Gasteiger partial charge in [0.25, 0.3) is 0 Å². The fraction of sp³-hybridized carbons (Fsp3) is 0. The molecule has 0 saturated carbocycles. The van der Waals surface area contributed by atoms with Crippen molar-refractivity contribution in [3.63, 3.8) is 0 Å². The van der Waals surface area contributed by atoms with Gasteiger partial charge in [-0.1, -0.05) is 6.07 Å². The molecule has 4 heteroatoms. The maximum absolute atomic E-state index is 3.72. The quantitative estimate of drug-likeness (QED) is 0.648. The predicted molar refractivity (Wildman–Crippen MR) is 33.0 cm³/mol. The summed E-state index contributed by atoms with van der Waals surface area (Å²) in [4.78, 5) is 0. The standard InChI is InChI=1S/C7H7.3O.Re/c1-7-5-3-2-4-6-7;;;;/h2-6H,1H2;;;;/q-1;3*-2;. The Labute approximate surface area is 80.0 Å². The number of hydrogen-bond donors (Lipinski definition) is 0. The molecular weight excluding hydrogens is 318 g/mol. The van der Waals surface area contributed by atoms with E-state index in [0.29, 0.717) is 0 Å². The molecule has 0 aliphatic heterocycles. The second kappa shape index (κ2) is 12.3. The van der Waals surface area contributed by atoms with Gasteiger partial charge in [-0.15, -0.1) is 12.1 Å². The first-order valence-electron chi connectivity index (χ1n) is 2.26. The topological polar surface area (TPSA) is 85.5 Å². The van der Waals surface area contributed by atoms with E-state index >= 15 is 0 Å². The van der Waals surface area contributed by atoms with Crippen LogP contribution in [0, 0.1) is 6.92 Å². The zero-order chi connectivity index (χ0) is 5.11. The summed E-state index contributed by atoms with van der Waals surface area (Å²) in [5.41, 5.74) is 1.07. The van der Waals surface area contributed by atoms with Crippen LogP contribution in [0.15, 0.2) is 30.3 Å². The number of hydrogen-bond acceptors (Lipinski definition) is 0. The summed E-state index contributed by atoms with van der Waals surface area (Å²) in [6.45, 7) is 3.72. The molecule has 0 aliphatic carbocycles. The predicted octanol–water partition coefficient (Wildman–Crippen LogP) is 1.51. The van der Waals surface area contributed by atoms with E-state index in [9.17, 15) is 0 Å². The monoisotopic (exact) mass is 326 g/mol. The van der Waals surface area contributed by atoms with Crippen molar-refractivity contribution in [1.29, 1.82) is 0 Å². The normalized spacial score (nSPS) is 5.45. The van der Waals surface area contributed by atoms with Crippen molar-refractivity contribution in [2.24, 2.45) is 0 Å². The van der Waals surface area contributed by atoms with Crippen molar-refractivity contribution in [1.82, 2.24) is 0 Å². The minimum Gasteiger partial charge on any atom is -2.00 e. The minimum atomic E-state index is 0. The molecule has 1 aromatic carbocycles. The molecule has 0 aromatic heterocycles. The molecule has 0 saturated heterocycles. The van der Waals surface area contributed by atoms with Gasteiger partial charge in [-0.05, 0) is 0 Å². The fourth-order valence-corrected chi connectivity index (χ4v) is 0.478. The first kappa shape index (κ1) is 22.4. The summed E-state index contributed by atoms with van der Waals surface area (Å²) in [5.74, 6) is 0. The fourth-order valence-electron chi connectivity index (χ4n) is 0.478. The van der Waals surface area contributed by atoms with Crippen molar-refractivity contribution in [2.75, 3.05) is 0 Å². The molecule has 0 bridgehead atoms. The summed E-state index contributed by atoms with van der Waals surface area (Å²) in [5, 5.41) is 0. The average molecular weight is 325 g/mol. The molecule has 0 spiro atoms. The Hall–Kier alpha value is -0.368. The molecule has 0 unspecified atom stereocenters. The second-order valence-electron chi connectivity index (χ2n) is 1.49. The van der Waals surface area contributed by atoms with Gasteiger partial charge in [0.2, 0.25) is 0 Å². The second-order valence-corrected chi connectivity index (χ2v) is 1.49. The Kier molecular flexibility index (Phi) is 25.1. The Morgan fingerprint density at radius 3 is 1.36 bits per heavy atom. The molecule has 0 fully saturated rings. The van der Waals surface area contributed by atoms with E-state index < -0.39 is 0 Å². The van der Waals surface area contributed by atoms with Gasteiger partial charge in [-0.3, -0.25) is 0 Å². The third-order valence-corrected chi connectivity index (χ3v) is 0.843. The van der Waals surface area contributed by atoms with Gasteiger partial charge < -0.3 is 16.4 Å². The average Bonchev–Trinajstić information content (AvgIpc) is 1.69. The number of rotatable bonds is 0. The summed E-state index contributed by atoms with van der Waals surface area (Å²) in [6.07, 6.45) is 0. The zero-order valence-electron chi connectivity index (χ0n) is 5.70. The molecule has 67 valence electrons. The third-order valence-electron chi connectivity index (χ3n) is 0.843. The molecular formula is C7H7O3Re-7. The van der Waals surface area contributed by atoms with Crippen LogP contribution in [0.3, 0.4) is 0 Å². The molecule has 0 heterocycles. The van der Waals surface area contributed by atoms with Gasteiger partial charge in [-0.2, -0.15) is 24.6 Å². The Bertz CT molecular complexity index is 144. The van der Waals surface area contributed by atoms with Crippen molar-refractivity contribution < 1.29 is 36.9 Å². The summed E-state index contributed by atoms with van der Waals surface area (Å²) in [7, 11) is 0. The van der Waals surface area contributed by atoms with E-state index in [2.05, 4.69) is 6.92 Å². The van der Waals surface area contributed by atoms with E-state index in [1.54, 1.807) is 0 Å². The van der Waals surface area contributed by atoms with Crippen LogP contribution >= 0.6 is 0 Å². The van der Waals surface area contributed by atoms with Gasteiger partial charge in [0.05, 0.1) is 0 Å². The first-order chi connectivity index (χ1) is 3.39. The molecule has 0 N–H and O–H groups in total. The Balaban J connectivity index is -0.0000000612. The third kappa shape index (κ3) is 9.63. The van der Waals surface area contributed by atoms with Crippen LogP contribution in [0.2, 0.25) is 0 Å². The maximum Gasteiger partial charge on any atom is 0 e.